The first kappa shape index (κ1) is 19.5. The quantitative estimate of drug-likeness (QED) is 0.361. The molecule has 0 aliphatic carbocycles. The minimum absolute atomic E-state index is 0.235. The van der Waals surface area contributed by atoms with E-state index in [4.69, 9.17) is 9.40 Å². The van der Waals surface area contributed by atoms with Gasteiger partial charge in [0.1, 0.15) is 5.58 Å². The van der Waals surface area contributed by atoms with Gasteiger partial charge >= 0.3 is 0 Å². The summed E-state index contributed by atoms with van der Waals surface area (Å²) in [7, 11) is 0. The van der Waals surface area contributed by atoms with Crippen LogP contribution in [-0.4, -0.2) is 29.0 Å². The lowest BCUT2D eigenvalue weighted by molar-refractivity contribution is 0.616. The molecule has 6 rings (SSSR count). The number of anilines is 1. The third kappa shape index (κ3) is 3.59. The molecule has 0 N–H and O–H groups in total. The Bertz CT molecular complexity index is 1510. The molecule has 0 saturated carbocycles. The van der Waals surface area contributed by atoms with E-state index in [1.807, 2.05) is 60.7 Å². The third-order valence-corrected chi connectivity index (χ3v) is 6.09. The number of para-hydroxylation sites is 2. The highest BCUT2D eigenvalue weighted by atomic mass is 16.3. The largest absolute Gasteiger partial charge is 0.453 e. The maximum atomic E-state index is 13.3. The number of rotatable bonds is 4. The Hall–Kier alpha value is -4.19. The highest BCUT2D eigenvalue weighted by Gasteiger charge is 2.16. The van der Waals surface area contributed by atoms with Gasteiger partial charge in [0.05, 0.1) is 17.1 Å². The first-order chi connectivity index (χ1) is 16.3. The molecule has 1 aliphatic rings. The van der Waals surface area contributed by atoms with Gasteiger partial charge in [-0.2, -0.15) is 9.78 Å². The van der Waals surface area contributed by atoms with Gasteiger partial charge in [-0.05, 0) is 54.8 Å². The molecule has 162 valence electrons. The number of nitrogens with zero attached hydrogens (tertiary/aromatic N) is 4. The lowest BCUT2D eigenvalue weighted by atomic mass is 10.2. The Morgan fingerprint density at radius 2 is 1.67 bits per heavy atom. The summed E-state index contributed by atoms with van der Waals surface area (Å²) in [5.41, 5.74) is 3.24. The van der Waals surface area contributed by atoms with E-state index in [1.54, 1.807) is 12.3 Å². The van der Waals surface area contributed by atoms with Crippen molar-refractivity contribution in [2.45, 2.75) is 12.8 Å². The highest BCUT2D eigenvalue weighted by molar-refractivity contribution is 5.85. The van der Waals surface area contributed by atoms with Crippen molar-refractivity contribution in [1.82, 2.24) is 9.66 Å². The molecular weight excluding hydrogens is 412 g/mol. The molecule has 33 heavy (non-hydrogen) atoms. The van der Waals surface area contributed by atoms with Crippen molar-refractivity contribution in [3.05, 3.63) is 94.8 Å². The van der Waals surface area contributed by atoms with E-state index in [0.29, 0.717) is 22.5 Å². The minimum Gasteiger partial charge on any atom is -0.453 e. The van der Waals surface area contributed by atoms with Gasteiger partial charge in [-0.25, -0.2) is 4.98 Å². The standard InChI is InChI=1S/C27H22N4O2/c32-27-22-8-2-3-9-23(22)29-26(25-17-20-7-1-4-10-24(20)33-25)31(27)28-18-19-11-13-21(14-12-19)30-15-5-6-16-30/h1-4,7-14,17-18H,5-6,15-16H2. The fourth-order valence-corrected chi connectivity index (χ4v) is 4.35. The number of benzene rings is 3. The predicted octanol–water partition coefficient (Wildman–Crippen LogP) is 5.29. The van der Waals surface area contributed by atoms with Crippen LogP contribution in [0.4, 0.5) is 5.69 Å². The van der Waals surface area contributed by atoms with Crippen molar-refractivity contribution in [2.24, 2.45) is 5.10 Å². The smallest absolute Gasteiger partial charge is 0.282 e. The summed E-state index contributed by atoms with van der Waals surface area (Å²) in [4.78, 5) is 20.5. The summed E-state index contributed by atoms with van der Waals surface area (Å²) >= 11 is 0. The van der Waals surface area contributed by atoms with Crippen LogP contribution < -0.4 is 10.5 Å². The molecule has 2 aromatic heterocycles. The number of furan rings is 1. The Balaban J connectivity index is 1.44. The van der Waals surface area contributed by atoms with Gasteiger partial charge in [-0.1, -0.05) is 42.5 Å². The fourth-order valence-electron chi connectivity index (χ4n) is 4.35. The van der Waals surface area contributed by atoms with Gasteiger partial charge < -0.3 is 9.32 Å². The number of fused-ring (bicyclic) bond motifs is 2. The molecule has 1 fully saturated rings. The molecule has 6 heteroatoms. The van der Waals surface area contributed by atoms with E-state index < -0.39 is 0 Å². The zero-order valence-electron chi connectivity index (χ0n) is 18.0. The number of aromatic nitrogens is 2. The van der Waals surface area contributed by atoms with E-state index >= 15 is 0 Å². The summed E-state index contributed by atoms with van der Waals surface area (Å²) < 4.78 is 7.35. The summed E-state index contributed by atoms with van der Waals surface area (Å²) in [5, 5.41) is 6.00. The van der Waals surface area contributed by atoms with Crippen molar-refractivity contribution in [3.63, 3.8) is 0 Å². The van der Waals surface area contributed by atoms with Gasteiger partial charge in [0.15, 0.2) is 5.76 Å². The normalized spacial score (nSPS) is 14.1. The average molecular weight is 434 g/mol. The zero-order chi connectivity index (χ0) is 22.2. The molecule has 3 aromatic carbocycles. The van der Waals surface area contributed by atoms with Gasteiger partial charge in [-0.3, -0.25) is 4.79 Å². The van der Waals surface area contributed by atoms with Crippen molar-refractivity contribution in [3.8, 4) is 11.6 Å². The monoisotopic (exact) mass is 434 g/mol. The van der Waals surface area contributed by atoms with E-state index in [0.717, 1.165) is 29.6 Å². The van der Waals surface area contributed by atoms with Crippen LogP contribution in [-0.2, 0) is 0 Å². The predicted molar refractivity (Wildman–Crippen MR) is 132 cm³/mol. The molecule has 1 saturated heterocycles. The molecule has 0 radical (unpaired) electrons. The van der Waals surface area contributed by atoms with Crippen LogP contribution in [0.5, 0.6) is 0 Å². The van der Waals surface area contributed by atoms with E-state index in [2.05, 4.69) is 22.1 Å². The van der Waals surface area contributed by atoms with Crippen LogP contribution in [0.25, 0.3) is 33.5 Å². The molecule has 5 aromatic rings. The average Bonchev–Trinajstić information content (AvgIpc) is 3.54. The first-order valence-corrected chi connectivity index (χ1v) is 11.2. The van der Waals surface area contributed by atoms with E-state index in [9.17, 15) is 4.79 Å². The molecule has 0 spiro atoms. The molecule has 0 atom stereocenters. The van der Waals surface area contributed by atoms with Crippen molar-refractivity contribution >= 4 is 33.8 Å². The van der Waals surface area contributed by atoms with Crippen LogP contribution in [0.2, 0.25) is 0 Å². The lowest BCUT2D eigenvalue weighted by Gasteiger charge is -2.17. The molecule has 1 aliphatic heterocycles. The molecule has 0 unspecified atom stereocenters. The maximum Gasteiger partial charge on any atom is 0.282 e. The van der Waals surface area contributed by atoms with Crippen molar-refractivity contribution in [1.29, 1.82) is 0 Å². The summed E-state index contributed by atoms with van der Waals surface area (Å²) in [6.07, 6.45) is 4.18. The van der Waals surface area contributed by atoms with Crippen LogP contribution in [0.15, 0.2) is 93.2 Å². The second kappa shape index (κ2) is 8.06. The second-order valence-electron chi connectivity index (χ2n) is 8.25. The van der Waals surface area contributed by atoms with Gasteiger partial charge in [0.2, 0.25) is 5.82 Å². The van der Waals surface area contributed by atoms with E-state index in [1.165, 1.54) is 23.2 Å². The second-order valence-corrected chi connectivity index (χ2v) is 8.25. The number of hydrogen-bond donors (Lipinski definition) is 0. The van der Waals surface area contributed by atoms with Gasteiger partial charge in [-0.15, -0.1) is 0 Å². The third-order valence-electron chi connectivity index (χ3n) is 6.09. The first-order valence-electron chi connectivity index (χ1n) is 11.2. The molecule has 0 amide bonds. The van der Waals surface area contributed by atoms with Crippen molar-refractivity contribution < 1.29 is 4.42 Å². The Morgan fingerprint density at radius 3 is 2.48 bits per heavy atom. The van der Waals surface area contributed by atoms with Crippen LogP contribution in [0.3, 0.4) is 0 Å². The molecular formula is C27H22N4O2. The lowest BCUT2D eigenvalue weighted by Crippen LogP contribution is -2.20. The molecule has 0 bridgehead atoms. The topological polar surface area (TPSA) is 63.6 Å². The van der Waals surface area contributed by atoms with Crippen molar-refractivity contribution in [2.75, 3.05) is 18.0 Å². The van der Waals surface area contributed by atoms with Crippen LogP contribution >= 0.6 is 0 Å². The molecule has 3 heterocycles. The summed E-state index contributed by atoms with van der Waals surface area (Å²) in [6.45, 7) is 2.21. The van der Waals surface area contributed by atoms with Crippen LogP contribution in [0, 0.1) is 0 Å². The Labute approximate surface area is 190 Å². The summed E-state index contributed by atoms with van der Waals surface area (Å²) in [6, 6.07) is 25.2. The maximum absolute atomic E-state index is 13.3. The van der Waals surface area contributed by atoms with Gasteiger partial charge in [0, 0.05) is 24.2 Å². The SMILES string of the molecule is O=c1c2ccccc2nc(-c2cc3ccccc3o2)n1N=Cc1ccc(N2CCCC2)cc1. The Morgan fingerprint density at radius 1 is 0.909 bits per heavy atom. The summed E-state index contributed by atoms with van der Waals surface area (Å²) in [5.74, 6) is 0.875. The Kier molecular flexibility index (Phi) is 4.76. The number of hydrogen-bond acceptors (Lipinski definition) is 5. The van der Waals surface area contributed by atoms with Crippen LogP contribution in [0.1, 0.15) is 18.4 Å². The zero-order valence-corrected chi connectivity index (χ0v) is 18.0. The van der Waals surface area contributed by atoms with Gasteiger partial charge in [0.25, 0.3) is 5.56 Å². The minimum atomic E-state index is -0.235. The fraction of sp³-hybridized carbons (Fsp3) is 0.148. The highest BCUT2D eigenvalue weighted by Crippen LogP contribution is 2.27. The molecule has 6 nitrogen and oxygen atoms in total. The van der Waals surface area contributed by atoms with E-state index in [-0.39, 0.29) is 5.56 Å².